The lowest BCUT2D eigenvalue weighted by Gasteiger charge is -1.94. The molecule has 1 aromatic rings. The van der Waals surface area contributed by atoms with E-state index in [1.165, 1.54) is 12.3 Å². The molecule has 58 valence electrons. The van der Waals surface area contributed by atoms with Crippen molar-refractivity contribution >= 4 is 27.4 Å². The molecule has 0 aromatic carbocycles. The highest BCUT2D eigenvalue weighted by molar-refractivity contribution is 9.10. The van der Waals surface area contributed by atoms with E-state index in [1.807, 2.05) is 0 Å². The maximum atomic E-state index is 10.3. The molecule has 1 rings (SSSR count). The number of hydrogen-bond acceptors (Lipinski definition) is 4. The Morgan fingerprint density at radius 2 is 2.36 bits per heavy atom. The summed E-state index contributed by atoms with van der Waals surface area (Å²) in [6.07, 6.45) is 1.30. The van der Waals surface area contributed by atoms with E-state index in [4.69, 9.17) is 5.73 Å². The number of hydrogen-bond donors (Lipinski definition) is 1. The van der Waals surface area contributed by atoms with E-state index in [1.54, 1.807) is 0 Å². The van der Waals surface area contributed by atoms with Crippen LogP contribution in [0.1, 0.15) is 0 Å². The van der Waals surface area contributed by atoms with Crippen LogP contribution in [0, 0.1) is 10.1 Å². The molecular weight excluding hydrogens is 214 g/mol. The minimum absolute atomic E-state index is 0.0718. The first-order valence-corrected chi connectivity index (χ1v) is 3.46. The average Bonchev–Trinajstić information content (AvgIpc) is 1.94. The average molecular weight is 218 g/mol. The number of nitrogen functional groups attached to an aromatic ring is 1. The van der Waals surface area contributed by atoms with Crippen LogP contribution in [0.25, 0.3) is 0 Å². The summed E-state index contributed by atoms with van der Waals surface area (Å²) in [5, 5.41) is 10.3. The van der Waals surface area contributed by atoms with Crippen molar-refractivity contribution in [3.05, 3.63) is 26.9 Å². The molecule has 0 unspecified atom stereocenters. The molecule has 0 aliphatic carbocycles. The van der Waals surface area contributed by atoms with Crippen molar-refractivity contribution in [2.75, 3.05) is 5.73 Å². The standard InChI is InChI=1S/C5H4BrN3O2/c6-3-2-8-5(7)1-4(3)9(10)11/h1-2H,(H2,7,8). The van der Waals surface area contributed by atoms with Gasteiger partial charge in [-0.25, -0.2) is 4.98 Å². The summed E-state index contributed by atoms with van der Waals surface area (Å²) in [6.45, 7) is 0. The SMILES string of the molecule is Nc1cc([N+](=O)[O-])c(Br)cn1. The van der Waals surface area contributed by atoms with E-state index in [-0.39, 0.29) is 11.5 Å². The molecule has 6 heteroatoms. The Balaban J connectivity index is 3.23. The van der Waals surface area contributed by atoms with Crippen LogP contribution in [0.15, 0.2) is 16.7 Å². The summed E-state index contributed by atoms with van der Waals surface area (Å²) in [5.41, 5.74) is 5.16. The van der Waals surface area contributed by atoms with Gasteiger partial charge in [0.25, 0.3) is 5.69 Å². The Morgan fingerprint density at radius 1 is 1.73 bits per heavy atom. The molecule has 0 radical (unpaired) electrons. The van der Waals surface area contributed by atoms with Gasteiger partial charge in [0.05, 0.1) is 17.2 Å². The first kappa shape index (κ1) is 7.93. The molecule has 1 heterocycles. The van der Waals surface area contributed by atoms with Gasteiger partial charge in [-0.15, -0.1) is 0 Å². The fourth-order valence-corrected chi connectivity index (χ4v) is 0.945. The summed E-state index contributed by atoms with van der Waals surface area (Å²) in [7, 11) is 0. The fraction of sp³-hybridized carbons (Fsp3) is 0. The van der Waals surface area contributed by atoms with E-state index >= 15 is 0 Å². The quantitative estimate of drug-likeness (QED) is 0.569. The Labute approximate surface area is 70.5 Å². The van der Waals surface area contributed by atoms with Gasteiger partial charge in [0.2, 0.25) is 0 Å². The van der Waals surface area contributed by atoms with Gasteiger partial charge in [-0.1, -0.05) is 0 Å². The number of pyridine rings is 1. The Morgan fingerprint density at radius 3 is 2.82 bits per heavy atom. The van der Waals surface area contributed by atoms with Crippen LogP contribution >= 0.6 is 15.9 Å². The van der Waals surface area contributed by atoms with Gasteiger partial charge in [0, 0.05) is 0 Å². The summed E-state index contributed by atoms with van der Waals surface area (Å²) >= 11 is 2.97. The van der Waals surface area contributed by atoms with Crippen molar-refractivity contribution in [3.63, 3.8) is 0 Å². The second-order valence-corrected chi connectivity index (χ2v) is 2.67. The molecule has 2 N–H and O–H groups in total. The molecule has 0 atom stereocenters. The van der Waals surface area contributed by atoms with E-state index in [0.29, 0.717) is 4.47 Å². The van der Waals surface area contributed by atoms with Crippen molar-refractivity contribution in [1.82, 2.24) is 4.98 Å². The Bertz CT molecular complexity index is 302. The molecule has 0 fully saturated rings. The zero-order valence-electron chi connectivity index (χ0n) is 5.32. The Hall–Kier alpha value is -1.17. The van der Waals surface area contributed by atoms with E-state index in [9.17, 15) is 10.1 Å². The monoisotopic (exact) mass is 217 g/mol. The van der Waals surface area contributed by atoms with Gasteiger partial charge < -0.3 is 5.73 Å². The highest BCUT2D eigenvalue weighted by Gasteiger charge is 2.11. The Kier molecular flexibility index (Phi) is 2.04. The van der Waals surface area contributed by atoms with Gasteiger partial charge in [0.1, 0.15) is 10.3 Å². The summed E-state index contributed by atoms with van der Waals surface area (Å²) in [6, 6.07) is 1.20. The van der Waals surface area contributed by atoms with Crippen LogP contribution < -0.4 is 5.73 Å². The van der Waals surface area contributed by atoms with Gasteiger partial charge >= 0.3 is 0 Å². The fourth-order valence-electron chi connectivity index (χ4n) is 0.584. The first-order chi connectivity index (χ1) is 5.11. The molecule has 1 aromatic heterocycles. The zero-order chi connectivity index (χ0) is 8.43. The van der Waals surface area contributed by atoms with Gasteiger partial charge in [0.15, 0.2) is 0 Å². The predicted molar refractivity (Wildman–Crippen MR) is 43.0 cm³/mol. The molecular formula is C5H4BrN3O2. The van der Waals surface area contributed by atoms with Gasteiger partial charge in [-0.05, 0) is 15.9 Å². The van der Waals surface area contributed by atoms with Crippen LogP contribution in [0.4, 0.5) is 11.5 Å². The second-order valence-electron chi connectivity index (χ2n) is 1.82. The topological polar surface area (TPSA) is 82.0 Å². The van der Waals surface area contributed by atoms with Crippen molar-refractivity contribution in [2.24, 2.45) is 0 Å². The largest absolute Gasteiger partial charge is 0.383 e. The van der Waals surface area contributed by atoms with E-state index in [2.05, 4.69) is 20.9 Å². The van der Waals surface area contributed by atoms with Crippen LogP contribution in [0.2, 0.25) is 0 Å². The third-order valence-corrected chi connectivity index (χ3v) is 1.66. The number of nitrogens with two attached hydrogens (primary N) is 1. The third kappa shape index (κ3) is 1.64. The summed E-state index contributed by atoms with van der Waals surface area (Å²) in [5.74, 6) is 0.139. The zero-order valence-corrected chi connectivity index (χ0v) is 6.91. The molecule has 0 spiro atoms. The molecule has 11 heavy (non-hydrogen) atoms. The highest BCUT2D eigenvalue weighted by atomic mass is 79.9. The number of anilines is 1. The number of aromatic nitrogens is 1. The lowest BCUT2D eigenvalue weighted by Crippen LogP contribution is -1.94. The van der Waals surface area contributed by atoms with Crippen LogP contribution in [0.5, 0.6) is 0 Å². The van der Waals surface area contributed by atoms with E-state index in [0.717, 1.165) is 0 Å². The summed E-state index contributed by atoms with van der Waals surface area (Å²) < 4.78 is 0.330. The van der Waals surface area contributed by atoms with Crippen molar-refractivity contribution in [1.29, 1.82) is 0 Å². The molecule has 0 saturated heterocycles. The molecule has 5 nitrogen and oxygen atoms in total. The van der Waals surface area contributed by atoms with Crippen molar-refractivity contribution < 1.29 is 4.92 Å². The number of rotatable bonds is 1. The highest BCUT2D eigenvalue weighted by Crippen LogP contribution is 2.24. The smallest absolute Gasteiger partial charge is 0.288 e. The number of nitrogens with zero attached hydrogens (tertiary/aromatic N) is 2. The predicted octanol–water partition coefficient (Wildman–Crippen LogP) is 1.33. The van der Waals surface area contributed by atoms with Crippen LogP contribution in [0.3, 0.4) is 0 Å². The lowest BCUT2D eigenvalue weighted by molar-refractivity contribution is -0.385. The van der Waals surface area contributed by atoms with Crippen LogP contribution in [-0.4, -0.2) is 9.91 Å². The minimum Gasteiger partial charge on any atom is -0.383 e. The number of halogens is 1. The molecule has 0 amide bonds. The second kappa shape index (κ2) is 2.83. The normalized spacial score (nSPS) is 9.55. The summed E-state index contributed by atoms with van der Waals surface area (Å²) in [4.78, 5) is 13.4. The van der Waals surface area contributed by atoms with E-state index < -0.39 is 4.92 Å². The molecule has 0 aliphatic heterocycles. The van der Waals surface area contributed by atoms with Crippen molar-refractivity contribution in [2.45, 2.75) is 0 Å². The van der Waals surface area contributed by atoms with Gasteiger partial charge in [-0.2, -0.15) is 0 Å². The van der Waals surface area contributed by atoms with Crippen LogP contribution in [-0.2, 0) is 0 Å². The molecule has 0 aliphatic rings. The van der Waals surface area contributed by atoms with Crippen molar-refractivity contribution in [3.8, 4) is 0 Å². The maximum Gasteiger partial charge on any atom is 0.288 e. The maximum absolute atomic E-state index is 10.3. The number of nitro groups is 1. The molecule has 0 bridgehead atoms. The lowest BCUT2D eigenvalue weighted by atomic mass is 10.4. The third-order valence-electron chi connectivity index (χ3n) is 1.05. The minimum atomic E-state index is -0.526. The first-order valence-electron chi connectivity index (χ1n) is 2.66. The van der Waals surface area contributed by atoms with Gasteiger partial charge in [-0.3, -0.25) is 10.1 Å². The molecule has 0 saturated carbocycles.